The predicted octanol–water partition coefficient (Wildman–Crippen LogP) is 2.26. The fourth-order valence-electron chi connectivity index (χ4n) is 2.77. The maximum atomic E-state index is 6.64. The average molecular weight is 221 g/mol. The molecule has 0 bridgehead atoms. The van der Waals surface area contributed by atoms with Crippen molar-refractivity contribution in [2.24, 2.45) is 18.2 Å². The summed E-state index contributed by atoms with van der Waals surface area (Å²) in [5.41, 5.74) is 6.77. The van der Waals surface area contributed by atoms with Crippen LogP contribution in [-0.4, -0.2) is 15.1 Å². The Labute approximate surface area is 98.1 Å². The first-order valence-corrected chi connectivity index (χ1v) is 6.20. The Hall–Kier alpha value is -0.830. The molecule has 1 atom stereocenters. The summed E-state index contributed by atoms with van der Waals surface area (Å²) in [5, 5.41) is 0. The quantitative estimate of drug-likeness (QED) is 0.832. The first-order valence-electron chi connectivity index (χ1n) is 6.20. The standard InChI is InChI=1S/C13H23N3/c1-12(2)6-4-5-7-13(12,14)10-11-15-8-9-16(11)3/h8-9H,4-7,10,14H2,1-3H3. The SMILES string of the molecule is Cn1ccnc1CC1(N)CCCCC1(C)C. The average Bonchev–Trinajstić information content (AvgIpc) is 2.58. The zero-order valence-corrected chi connectivity index (χ0v) is 10.7. The van der Waals surface area contributed by atoms with Gasteiger partial charge in [-0.3, -0.25) is 0 Å². The first kappa shape index (κ1) is 11.6. The molecule has 16 heavy (non-hydrogen) atoms. The van der Waals surface area contributed by atoms with Crippen molar-refractivity contribution in [2.75, 3.05) is 0 Å². The molecule has 0 amide bonds. The van der Waals surface area contributed by atoms with E-state index in [9.17, 15) is 0 Å². The van der Waals surface area contributed by atoms with Crippen molar-refractivity contribution in [3.63, 3.8) is 0 Å². The van der Waals surface area contributed by atoms with Crippen molar-refractivity contribution < 1.29 is 0 Å². The summed E-state index contributed by atoms with van der Waals surface area (Å²) in [5.74, 6) is 1.11. The zero-order chi connectivity index (χ0) is 11.8. The van der Waals surface area contributed by atoms with E-state index in [2.05, 4.69) is 23.4 Å². The van der Waals surface area contributed by atoms with Gasteiger partial charge in [0, 0.05) is 31.4 Å². The van der Waals surface area contributed by atoms with Crippen molar-refractivity contribution in [3.8, 4) is 0 Å². The maximum absolute atomic E-state index is 6.64. The van der Waals surface area contributed by atoms with Crippen LogP contribution < -0.4 is 5.73 Å². The molecule has 3 nitrogen and oxygen atoms in total. The summed E-state index contributed by atoms with van der Waals surface area (Å²) < 4.78 is 2.08. The van der Waals surface area contributed by atoms with Gasteiger partial charge in [-0.2, -0.15) is 0 Å². The lowest BCUT2D eigenvalue weighted by atomic mass is 9.62. The Morgan fingerprint density at radius 2 is 2.06 bits per heavy atom. The maximum Gasteiger partial charge on any atom is 0.110 e. The van der Waals surface area contributed by atoms with Crippen LogP contribution in [0.4, 0.5) is 0 Å². The van der Waals surface area contributed by atoms with Gasteiger partial charge in [-0.25, -0.2) is 4.98 Å². The van der Waals surface area contributed by atoms with Crippen molar-refractivity contribution in [1.82, 2.24) is 9.55 Å². The number of hydrogen-bond acceptors (Lipinski definition) is 2. The van der Waals surface area contributed by atoms with Crippen LogP contribution in [0.15, 0.2) is 12.4 Å². The van der Waals surface area contributed by atoms with Gasteiger partial charge in [-0.15, -0.1) is 0 Å². The highest BCUT2D eigenvalue weighted by atomic mass is 15.0. The number of rotatable bonds is 2. The monoisotopic (exact) mass is 221 g/mol. The van der Waals surface area contributed by atoms with E-state index < -0.39 is 0 Å². The van der Waals surface area contributed by atoms with E-state index in [0.717, 1.165) is 18.7 Å². The van der Waals surface area contributed by atoms with Gasteiger partial charge >= 0.3 is 0 Å². The van der Waals surface area contributed by atoms with Crippen molar-refractivity contribution >= 4 is 0 Å². The number of imidazole rings is 1. The summed E-state index contributed by atoms with van der Waals surface area (Å²) >= 11 is 0. The van der Waals surface area contributed by atoms with Crippen LogP contribution >= 0.6 is 0 Å². The molecule has 1 aromatic rings. The lowest BCUT2D eigenvalue weighted by molar-refractivity contribution is 0.0965. The number of nitrogens with zero attached hydrogens (tertiary/aromatic N) is 2. The minimum Gasteiger partial charge on any atom is -0.338 e. The molecule has 1 heterocycles. The van der Waals surface area contributed by atoms with Crippen molar-refractivity contribution in [1.29, 1.82) is 0 Å². The van der Waals surface area contributed by atoms with Gasteiger partial charge in [0.25, 0.3) is 0 Å². The van der Waals surface area contributed by atoms with Gasteiger partial charge in [-0.1, -0.05) is 26.7 Å². The molecule has 1 aromatic heterocycles. The van der Waals surface area contributed by atoms with E-state index in [4.69, 9.17) is 5.73 Å². The third-order valence-corrected chi connectivity index (χ3v) is 4.42. The summed E-state index contributed by atoms with van der Waals surface area (Å²) in [6, 6.07) is 0. The van der Waals surface area contributed by atoms with Crippen LogP contribution in [-0.2, 0) is 13.5 Å². The molecule has 1 unspecified atom stereocenters. The van der Waals surface area contributed by atoms with Gasteiger partial charge in [0.05, 0.1) is 0 Å². The first-order chi connectivity index (χ1) is 7.45. The van der Waals surface area contributed by atoms with E-state index in [1.54, 1.807) is 0 Å². The third kappa shape index (κ3) is 1.88. The second-order valence-corrected chi connectivity index (χ2v) is 5.88. The molecule has 0 aromatic carbocycles. The molecule has 1 fully saturated rings. The molecule has 0 saturated heterocycles. The number of aryl methyl sites for hydroxylation is 1. The van der Waals surface area contributed by atoms with Gasteiger partial charge in [-0.05, 0) is 18.3 Å². The summed E-state index contributed by atoms with van der Waals surface area (Å²) in [6.45, 7) is 4.60. The number of hydrogen-bond donors (Lipinski definition) is 1. The van der Waals surface area contributed by atoms with Crippen LogP contribution in [0.5, 0.6) is 0 Å². The normalized spacial score (nSPS) is 29.2. The molecule has 1 aliphatic rings. The van der Waals surface area contributed by atoms with E-state index >= 15 is 0 Å². The van der Waals surface area contributed by atoms with Crippen LogP contribution in [0.3, 0.4) is 0 Å². The van der Waals surface area contributed by atoms with Gasteiger partial charge in [0.2, 0.25) is 0 Å². The van der Waals surface area contributed by atoms with Crippen LogP contribution in [0, 0.1) is 5.41 Å². The fraction of sp³-hybridized carbons (Fsp3) is 0.769. The molecule has 1 aliphatic carbocycles. The van der Waals surface area contributed by atoms with E-state index in [-0.39, 0.29) is 11.0 Å². The van der Waals surface area contributed by atoms with Gasteiger partial charge in [0.1, 0.15) is 5.82 Å². The molecule has 2 N–H and O–H groups in total. The lowest BCUT2D eigenvalue weighted by Crippen LogP contribution is -2.56. The second-order valence-electron chi connectivity index (χ2n) is 5.88. The van der Waals surface area contributed by atoms with Gasteiger partial charge < -0.3 is 10.3 Å². The predicted molar refractivity (Wildman–Crippen MR) is 66.1 cm³/mol. The largest absolute Gasteiger partial charge is 0.338 e. The van der Waals surface area contributed by atoms with Crippen molar-refractivity contribution in [2.45, 2.75) is 51.5 Å². The minimum absolute atomic E-state index is 0.0929. The smallest absolute Gasteiger partial charge is 0.110 e. The minimum atomic E-state index is -0.0929. The molecule has 3 heteroatoms. The Balaban J connectivity index is 2.21. The highest BCUT2D eigenvalue weighted by Crippen LogP contribution is 2.43. The van der Waals surface area contributed by atoms with Crippen LogP contribution in [0.1, 0.15) is 45.4 Å². The molecule has 0 spiro atoms. The molecule has 0 aliphatic heterocycles. The Bertz CT molecular complexity index is 367. The van der Waals surface area contributed by atoms with Crippen LogP contribution in [0.2, 0.25) is 0 Å². The highest BCUT2D eigenvalue weighted by Gasteiger charge is 2.43. The number of nitrogens with two attached hydrogens (primary N) is 1. The summed E-state index contributed by atoms with van der Waals surface area (Å²) in [7, 11) is 2.04. The zero-order valence-electron chi connectivity index (χ0n) is 10.7. The molecule has 2 rings (SSSR count). The Kier molecular flexibility index (Phi) is 2.82. The van der Waals surface area contributed by atoms with E-state index in [1.165, 1.54) is 19.3 Å². The fourth-order valence-corrected chi connectivity index (χ4v) is 2.77. The molecule has 1 saturated carbocycles. The lowest BCUT2D eigenvalue weighted by Gasteiger charge is -2.47. The Morgan fingerprint density at radius 3 is 2.62 bits per heavy atom. The van der Waals surface area contributed by atoms with Crippen LogP contribution in [0.25, 0.3) is 0 Å². The second kappa shape index (κ2) is 3.88. The Morgan fingerprint density at radius 1 is 1.38 bits per heavy atom. The molecular formula is C13H23N3. The van der Waals surface area contributed by atoms with Gasteiger partial charge in [0.15, 0.2) is 0 Å². The summed E-state index contributed by atoms with van der Waals surface area (Å²) in [6.07, 6.45) is 9.66. The van der Waals surface area contributed by atoms with E-state index in [0.29, 0.717) is 0 Å². The van der Waals surface area contributed by atoms with E-state index in [1.807, 2.05) is 19.4 Å². The summed E-state index contributed by atoms with van der Waals surface area (Å²) in [4.78, 5) is 4.40. The number of aromatic nitrogens is 2. The highest BCUT2D eigenvalue weighted by molar-refractivity contribution is 5.07. The molecular weight excluding hydrogens is 198 g/mol. The van der Waals surface area contributed by atoms with Crippen molar-refractivity contribution in [3.05, 3.63) is 18.2 Å². The molecule has 90 valence electrons. The topological polar surface area (TPSA) is 43.8 Å². The third-order valence-electron chi connectivity index (χ3n) is 4.42. The molecule has 0 radical (unpaired) electrons.